The Hall–Kier alpha value is -2.08. The van der Waals surface area contributed by atoms with Gasteiger partial charge in [0.05, 0.1) is 10.8 Å². The van der Waals surface area contributed by atoms with Gasteiger partial charge in [0, 0.05) is 24.8 Å². The Morgan fingerprint density at radius 3 is 2.12 bits per heavy atom. The minimum Gasteiger partial charge on any atom is -0.372 e. The van der Waals surface area contributed by atoms with Crippen LogP contribution in [0.15, 0.2) is 21.7 Å². The van der Waals surface area contributed by atoms with Gasteiger partial charge in [-0.15, -0.1) is 0 Å². The third kappa shape index (κ3) is 3.70. The van der Waals surface area contributed by atoms with Crippen molar-refractivity contribution in [1.82, 2.24) is 10.2 Å². The van der Waals surface area contributed by atoms with Gasteiger partial charge in [-0.3, -0.25) is 19.8 Å². The Labute approximate surface area is 142 Å². The molecule has 2 aromatic rings. The van der Waals surface area contributed by atoms with Gasteiger partial charge in [0.25, 0.3) is 11.1 Å². The van der Waals surface area contributed by atoms with Crippen LogP contribution in [0.4, 0.5) is 5.69 Å². The van der Waals surface area contributed by atoms with Crippen LogP contribution in [0.1, 0.15) is 58.1 Å². The van der Waals surface area contributed by atoms with Crippen LogP contribution >= 0.6 is 0 Å². The number of fused-ring (bicyclic) bond motifs is 1. The average Bonchev–Trinajstić information content (AvgIpc) is 2.59. The monoisotopic (exact) mass is 332 g/mol. The molecule has 0 aliphatic carbocycles. The zero-order chi connectivity index (χ0) is 17.7. The fraction of sp³-hybridized carbons (Fsp3) is 0.556. The van der Waals surface area contributed by atoms with Crippen LogP contribution in [-0.2, 0) is 0 Å². The number of nitrogens with zero attached hydrogens (tertiary/aromatic N) is 1. The lowest BCUT2D eigenvalue weighted by atomic mass is 9.96. The molecule has 0 spiro atoms. The van der Waals surface area contributed by atoms with Crippen LogP contribution in [0.5, 0.6) is 0 Å². The number of nitrogens with two attached hydrogens (primary N) is 1. The van der Waals surface area contributed by atoms with E-state index >= 15 is 0 Å². The largest absolute Gasteiger partial charge is 0.372 e. The third-order valence-electron chi connectivity index (χ3n) is 4.57. The molecule has 0 fully saturated rings. The number of H-pyrrole nitrogens is 2. The van der Waals surface area contributed by atoms with E-state index in [1.54, 1.807) is 6.07 Å². The second-order valence-corrected chi connectivity index (χ2v) is 6.14. The zero-order valence-electron chi connectivity index (χ0n) is 14.8. The standard InChI is InChI=1S/C18H28N4O2/c1-4-7-8-9-15(19)14-10-12-13(18(24)21-20-17(12)23)11-16(14)22(5-2)6-3/h10-11,15H,4-9,19H2,1-3H3,(H,20,23)(H,21,24). The van der Waals surface area contributed by atoms with Crippen molar-refractivity contribution in [3.8, 4) is 0 Å². The van der Waals surface area contributed by atoms with Gasteiger partial charge in [0.2, 0.25) is 0 Å². The molecule has 0 amide bonds. The lowest BCUT2D eigenvalue weighted by Crippen LogP contribution is -2.27. The van der Waals surface area contributed by atoms with Crippen molar-refractivity contribution in [1.29, 1.82) is 0 Å². The summed E-state index contributed by atoms with van der Waals surface area (Å²) >= 11 is 0. The SMILES string of the molecule is CCCCCC(N)c1cc2c(=O)[nH][nH]c(=O)c2cc1N(CC)CC. The summed E-state index contributed by atoms with van der Waals surface area (Å²) in [6.45, 7) is 7.94. The van der Waals surface area contributed by atoms with Crippen LogP contribution in [0, 0.1) is 0 Å². The highest BCUT2D eigenvalue weighted by molar-refractivity contribution is 5.86. The molecule has 2 rings (SSSR count). The third-order valence-corrected chi connectivity index (χ3v) is 4.57. The highest BCUT2D eigenvalue weighted by Gasteiger charge is 2.18. The Morgan fingerprint density at radius 2 is 1.58 bits per heavy atom. The molecule has 0 saturated carbocycles. The van der Waals surface area contributed by atoms with E-state index in [0.717, 1.165) is 50.0 Å². The van der Waals surface area contributed by atoms with Crippen LogP contribution < -0.4 is 21.8 Å². The van der Waals surface area contributed by atoms with Gasteiger partial charge < -0.3 is 10.6 Å². The lowest BCUT2D eigenvalue weighted by molar-refractivity contribution is 0.580. The Bertz CT molecular complexity index is 790. The molecule has 0 aliphatic heterocycles. The molecule has 0 radical (unpaired) electrons. The molecule has 0 saturated heterocycles. The first kappa shape index (κ1) is 18.3. The molecule has 6 nitrogen and oxygen atoms in total. The number of rotatable bonds is 8. The van der Waals surface area contributed by atoms with Gasteiger partial charge in [0.15, 0.2) is 0 Å². The quantitative estimate of drug-likeness (QED) is 0.648. The van der Waals surface area contributed by atoms with Gasteiger partial charge in [-0.25, -0.2) is 0 Å². The second kappa shape index (κ2) is 8.15. The first-order chi connectivity index (χ1) is 11.5. The van der Waals surface area contributed by atoms with Crippen LogP contribution in [0.3, 0.4) is 0 Å². The van der Waals surface area contributed by atoms with Gasteiger partial charge >= 0.3 is 0 Å². The highest BCUT2D eigenvalue weighted by atomic mass is 16.1. The van der Waals surface area contributed by atoms with Crippen molar-refractivity contribution in [3.63, 3.8) is 0 Å². The van der Waals surface area contributed by atoms with Crippen LogP contribution in [0.25, 0.3) is 10.8 Å². The van der Waals surface area contributed by atoms with Crippen molar-refractivity contribution in [2.75, 3.05) is 18.0 Å². The zero-order valence-corrected chi connectivity index (χ0v) is 14.8. The molecule has 1 atom stereocenters. The predicted octanol–water partition coefficient (Wildman–Crippen LogP) is 2.64. The molecule has 24 heavy (non-hydrogen) atoms. The number of hydrogen-bond donors (Lipinski definition) is 3. The fourth-order valence-electron chi connectivity index (χ4n) is 3.13. The first-order valence-electron chi connectivity index (χ1n) is 8.82. The van der Waals surface area contributed by atoms with E-state index in [2.05, 4.69) is 35.9 Å². The number of anilines is 1. The summed E-state index contributed by atoms with van der Waals surface area (Å²) in [6.07, 6.45) is 4.21. The molecule has 1 heterocycles. The predicted molar refractivity (Wildman–Crippen MR) is 99.8 cm³/mol. The van der Waals surface area contributed by atoms with Crippen molar-refractivity contribution in [3.05, 3.63) is 38.4 Å². The van der Waals surface area contributed by atoms with E-state index in [4.69, 9.17) is 5.73 Å². The summed E-state index contributed by atoms with van der Waals surface area (Å²) < 4.78 is 0. The molecule has 4 N–H and O–H groups in total. The van der Waals surface area contributed by atoms with Crippen molar-refractivity contribution < 1.29 is 0 Å². The molecule has 1 aromatic carbocycles. The van der Waals surface area contributed by atoms with E-state index in [1.165, 1.54) is 0 Å². The number of hydrogen-bond acceptors (Lipinski definition) is 4. The number of aromatic nitrogens is 2. The maximum atomic E-state index is 12.1. The van der Waals surface area contributed by atoms with Gasteiger partial charge in [0.1, 0.15) is 0 Å². The minimum absolute atomic E-state index is 0.143. The normalized spacial score (nSPS) is 12.5. The molecule has 132 valence electrons. The molecule has 1 unspecified atom stereocenters. The maximum absolute atomic E-state index is 12.1. The van der Waals surface area contributed by atoms with Gasteiger partial charge in [-0.1, -0.05) is 26.2 Å². The van der Waals surface area contributed by atoms with E-state index in [9.17, 15) is 9.59 Å². The number of aromatic amines is 2. The number of nitrogens with one attached hydrogen (secondary N) is 2. The minimum atomic E-state index is -0.294. The maximum Gasteiger partial charge on any atom is 0.270 e. The lowest BCUT2D eigenvalue weighted by Gasteiger charge is -2.27. The van der Waals surface area contributed by atoms with E-state index in [0.29, 0.717) is 10.8 Å². The summed E-state index contributed by atoms with van der Waals surface area (Å²) in [7, 11) is 0. The molecular formula is C18H28N4O2. The molecule has 1 aromatic heterocycles. The smallest absolute Gasteiger partial charge is 0.270 e. The van der Waals surface area contributed by atoms with Gasteiger partial charge in [-0.05, 0) is 38.0 Å². The van der Waals surface area contributed by atoms with E-state index in [1.807, 2.05) is 6.07 Å². The molecule has 6 heteroatoms. The topological polar surface area (TPSA) is 95.0 Å². The van der Waals surface area contributed by atoms with Crippen LogP contribution in [-0.4, -0.2) is 23.3 Å². The highest BCUT2D eigenvalue weighted by Crippen LogP contribution is 2.30. The molecular weight excluding hydrogens is 304 g/mol. The summed E-state index contributed by atoms with van der Waals surface area (Å²) in [4.78, 5) is 26.4. The summed E-state index contributed by atoms with van der Waals surface area (Å²) in [5.41, 5.74) is 7.75. The Kier molecular flexibility index (Phi) is 6.20. The summed E-state index contributed by atoms with van der Waals surface area (Å²) in [6, 6.07) is 3.47. The van der Waals surface area contributed by atoms with E-state index in [-0.39, 0.29) is 17.2 Å². The average molecular weight is 332 g/mol. The molecule has 0 aliphatic rings. The summed E-state index contributed by atoms with van der Waals surface area (Å²) in [5.74, 6) is 0. The first-order valence-corrected chi connectivity index (χ1v) is 8.82. The fourth-order valence-corrected chi connectivity index (χ4v) is 3.13. The van der Waals surface area contributed by atoms with Crippen molar-refractivity contribution in [2.24, 2.45) is 5.73 Å². The molecule has 0 bridgehead atoms. The van der Waals surface area contributed by atoms with Crippen LogP contribution in [0.2, 0.25) is 0 Å². The Balaban J connectivity index is 2.61. The Morgan fingerprint density at radius 1 is 1.00 bits per heavy atom. The number of unbranched alkanes of at least 4 members (excludes halogenated alkanes) is 2. The van der Waals surface area contributed by atoms with Crippen molar-refractivity contribution in [2.45, 2.75) is 52.5 Å². The van der Waals surface area contributed by atoms with Gasteiger partial charge in [-0.2, -0.15) is 0 Å². The second-order valence-electron chi connectivity index (χ2n) is 6.14. The van der Waals surface area contributed by atoms with Crippen molar-refractivity contribution >= 4 is 16.5 Å². The summed E-state index contributed by atoms with van der Waals surface area (Å²) in [5, 5.41) is 5.59. The van der Waals surface area contributed by atoms with E-state index < -0.39 is 0 Å². The number of benzene rings is 1.